The van der Waals surface area contributed by atoms with Crippen LogP contribution in [0.1, 0.15) is 54.4 Å². The van der Waals surface area contributed by atoms with Crippen LogP contribution in [0.5, 0.6) is 0 Å². The van der Waals surface area contributed by atoms with Crippen molar-refractivity contribution >= 4 is 17.6 Å². The van der Waals surface area contributed by atoms with Gasteiger partial charge in [0, 0.05) is 18.4 Å². The lowest BCUT2D eigenvalue weighted by atomic mass is 10.0. The zero-order valence-corrected chi connectivity index (χ0v) is 13.7. The van der Waals surface area contributed by atoms with Crippen LogP contribution >= 0.6 is 0 Å². The minimum atomic E-state index is -0.903. The first-order valence-electron chi connectivity index (χ1n) is 7.47. The number of nitrogens with one attached hydrogen (secondary N) is 1. The van der Waals surface area contributed by atoms with Crippen LogP contribution in [0.2, 0.25) is 0 Å². The van der Waals surface area contributed by atoms with Crippen molar-refractivity contribution in [1.82, 2.24) is 9.78 Å². The quantitative estimate of drug-likeness (QED) is 0.888. The number of carboxylic acids is 1. The lowest BCUT2D eigenvalue weighted by molar-refractivity contribution is -0.138. The van der Waals surface area contributed by atoms with Crippen molar-refractivity contribution in [3.8, 4) is 0 Å². The van der Waals surface area contributed by atoms with Crippen molar-refractivity contribution < 1.29 is 14.7 Å². The third kappa shape index (κ3) is 3.77. The summed E-state index contributed by atoms with van der Waals surface area (Å²) < 4.78 is 1.70. The zero-order chi connectivity index (χ0) is 17.1. The Balaban J connectivity index is 2.19. The van der Waals surface area contributed by atoms with Crippen molar-refractivity contribution in [1.29, 1.82) is 0 Å². The van der Waals surface area contributed by atoms with Gasteiger partial charge in [0.05, 0.1) is 5.92 Å². The van der Waals surface area contributed by atoms with Gasteiger partial charge in [-0.1, -0.05) is 26.0 Å². The summed E-state index contributed by atoms with van der Waals surface area (Å²) in [5.74, 6) is -1.57. The highest BCUT2D eigenvalue weighted by atomic mass is 16.4. The Hall–Kier alpha value is -2.63. The van der Waals surface area contributed by atoms with Crippen LogP contribution in [-0.2, 0) is 11.8 Å². The number of aryl methyl sites for hydroxylation is 1. The van der Waals surface area contributed by atoms with Gasteiger partial charge in [0.2, 0.25) is 0 Å². The number of amides is 1. The molecule has 1 atom stereocenters. The highest BCUT2D eigenvalue weighted by Crippen LogP contribution is 2.20. The molecule has 1 aromatic carbocycles. The van der Waals surface area contributed by atoms with Gasteiger partial charge in [-0.15, -0.1) is 0 Å². The molecular weight excluding hydrogens is 294 g/mol. The van der Waals surface area contributed by atoms with Gasteiger partial charge in [-0.3, -0.25) is 14.3 Å². The van der Waals surface area contributed by atoms with Crippen LogP contribution in [0.3, 0.4) is 0 Å². The van der Waals surface area contributed by atoms with Crippen LogP contribution in [-0.4, -0.2) is 26.8 Å². The predicted octanol–water partition coefficient (Wildman–Crippen LogP) is 2.98. The van der Waals surface area contributed by atoms with Gasteiger partial charge < -0.3 is 10.4 Å². The maximum absolute atomic E-state index is 12.3. The number of benzene rings is 1. The van der Waals surface area contributed by atoms with Crippen molar-refractivity contribution in [3.63, 3.8) is 0 Å². The SMILES string of the molecule is CC(C)c1cc(C(=O)Nc2cccc(C(C)C(=O)O)c2)nn1C. The molecule has 0 aliphatic carbocycles. The van der Waals surface area contributed by atoms with Crippen molar-refractivity contribution in [3.05, 3.63) is 47.3 Å². The van der Waals surface area contributed by atoms with E-state index < -0.39 is 11.9 Å². The van der Waals surface area contributed by atoms with Crippen molar-refractivity contribution in [2.24, 2.45) is 7.05 Å². The molecule has 1 unspecified atom stereocenters. The second-order valence-electron chi connectivity index (χ2n) is 5.87. The number of carboxylic acid groups (broad SMARTS) is 1. The highest BCUT2D eigenvalue weighted by molar-refractivity contribution is 6.03. The highest BCUT2D eigenvalue weighted by Gasteiger charge is 2.17. The van der Waals surface area contributed by atoms with Crippen molar-refractivity contribution in [2.45, 2.75) is 32.6 Å². The molecule has 1 heterocycles. The molecule has 6 nitrogen and oxygen atoms in total. The number of rotatable bonds is 5. The number of hydrogen-bond donors (Lipinski definition) is 2. The van der Waals surface area contributed by atoms with Crippen LogP contribution in [0.4, 0.5) is 5.69 Å². The molecule has 23 heavy (non-hydrogen) atoms. The largest absolute Gasteiger partial charge is 0.481 e. The minimum Gasteiger partial charge on any atom is -0.481 e. The van der Waals surface area contributed by atoms with Gasteiger partial charge in [-0.25, -0.2) is 0 Å². The molecule has 0 aliphatic heterocycles. The fourth-order valence-corrected chi connectivity index (χ4v) is 2.36. The van der Waals surface area contributed by atoms with Gasteiger partial charge in [-0.05, 0) is 36.6 Å². The average Bonchev–Trinajstić information content (AvgIpc) is 2.89. The first-order chi connectivity index (χ1) is 10.8. The molecule has 0 saturated carbocycles. The second kappa shape index (κ2) is 6.64. The smallest absolute Gasteiger partial charge is 0.310 e. The fraction of sp³-hybridized carbons (Fsp3) is 0.353. The molecule has 6 heteroatoms. The average molecular weight is 315 g/mol. The van der Waals surface area contributed by atoms with E-state index in [9.17, 15) is 9.59 Å². The van der Waals surface area contributed by atoms with Gasteiger partial charge in [0.25, 0.3) is 5.91 Å². The lowest BCUT2D eigenvalue weighted by Gasteiger charge is -2.09. The Bertz CT molecular complexity index is 734. The van der Waals surface area contributed by atoms with Gasteiger partial charge in [0.1, 0.15) is 0 Å². The van der Waals surface area contributed by atoms with E-state index in [1.54, 1.807) is 49.0 Å². The second-order valence-corrected chi connectivity index (χ2v) is 5.87. The Morgan fingerprint density at radius 3 is 2.48 bits per heavy atom. The van der Waals surface area contributed by atoms with E-state index in [-0.39, 0.29) is 11.8 Å². The number of aromatic nitrogens is 2. The monoisotopic (exact) mass is 315 g/mol. The maximum atomic E-state index is 12.3. The van der Waals surface area contributed by atoms with E-state index in [0.29, 0.717) is 16.9 Å². The topological polar surface area (TPSA) is 84.2 Å². The van der Waals surface area contributed by atoms with E-state index in [1.807, 2.05) is 13.8 Å². The Kier molecular flexibility index (Phi) is 4.83. The van der Waals surface area contributed by atoms with Gasteiger partial charge in [-0.2, -0.15) is 5.10 Å². The Labute approximate surface area is 135 Å². The molecule has 0 spiro atoms. The van der Waals surface area contributed by atoms with Crippen LogP contribution in [0.15, 0.2) is 30.3 Å². The maximum Gasteiger partial charge on any atom is 0.310 e. The lowest BCUT2D eigenvalue weighted by Crippen LogP contribution is -2.14. The van der Waals surface area contributed by atoms with E-state index in [0.717, 1.165) is 5.69 Å². The summed E-state index contributed by atoms with van der Waals surface area (Å²) in [6.07, 6.45) is 0. The summed E-state index contributed by atoms with van der Waals surface area (Å²) in [4.78, 5) is 23.4. The number of aliphatic carboxylic acids is 1. The third-order valence-electron chi connectivity index (χ3n) is 3.76. The van der Waals surface area contributed by atoms with Gasteiger partial charge in [0.15, 0.2) is 5.69 Å². The van der Waals surface area contributed by atoms with E-state index in [2.05, 4.69) is 10.4 Å². The Morgan fingerprint density at radius 1 is 1.22 bits per heavy atom. The summed E-state index contributed by atoms with van der Waals surface area (Å²) in [5.41, 5.74) is 2.51. The molecule has 2 aromatic rings. The molecular formula is C17H21N3O3. The van der Waals surface area contributed by atoms with E-state index in [4.69, 9.17) is 5.11 Å². The number of carbonyl (C=O) groups is 2. The third-order valence-corrected chi connectivity index (χ3v) is 3.76. The minimum absolute atomic E-state index is 0.272. The van der Waals surface area contributed by atoms with Crippen LogP contribution in [0.25, 0.3) is 0 Å². The molecule has 1 aromatic heterocycles. The summed E-state index contributed by atoms with van der Waals surface area (Å²) >= 11 is 0. The predicted molar refractivity (Wildman–Crippen MR) is 87.7 cm³/mol. The number of hydrogen-bond acceptors (Lipinski definition) is 3. The van der Waals surface area contributed by atoms with E-state index >= 15 is 0 Å². The van der Waals surface area contributed by atoms with Crippen LogP contribution in [0, 0.1) is 0 Å². The molecule has 0 aliphatic rings. The van der Waals surface area contributed by atoms with E-state index in [1.165, 1.54) is 0 Å². The summed E-state index contributed by atoms with van der Waals surface area (Å²) in [6, 6.07) is 8.61. The Morgan fingerprint density at radius 2 is 1.91 bits per heavy atom. The standard InChI is InChI=1S/C17H21N3O3/c1-10(2)15-9-14(19-20(15)4)16(21)18-13-7-5-6-12(8-13)11(3)17(22)23/h5-11H,1-4H3,(H,18,21)(H,22,23). The summed E-state index contributed by atoms with van der Waals surface area (Å²) in [7, 11) is 1.81. The van der Waals surface area contributed by atoms with Crippen molar-refractivity contribution in [2.75, 3.05) is 5.32 Å². The fourth-order valence-electron chi connectivity index (χ4n) is 2.36. The molecule has 1 amide bonds. The molecule has 0 saturated heterocycles. The normalized spacial score (nSPS) is 12.2. The molecule has 0 bridgehead atoms. The first kappa shape index (κ1) is 16.7. The summed E-state index contributed by atoms with van der Waals surface area (Å²) in [5, 5.41) is 16.1. The number of anilines is 1. The molecule has 0 radical (unpaired) electrons. The molecule has 122 valence electrons. The molecule has 0 fully saturated rings. The first-order valence-corrected chi connectivity index (χ1v) is 7.47. The molecule has 2 rings (SSSR count). The van der Waals surface area contributed by atoms with Gasteiger partial charge >= 0.3 is 5.97 Å². The number of nitrogens with zero attached hydrogens (tertiary/aromatic N) is 2. The number of carbonyl (C=O) groups excluding carboxylic acids is 1. The summed E-state index contributed by atoms with van der Waals surface area (Å²) in [6.45, 7) is 5.68. The zero-order valence-electron chi connectivity index (χ0n) is 13.7. The van der Waals surface area contributed by atoms with Crippen LogP contribution < -0.4 is 5.32 Å². The molecule has 2 N–H and O–H groups in total.